The molecule has 0 bridgehead atoms. The van der Waals surface area contributed by atoms with E-state index in [0.717, 1.165) is 44.9 Å². The van der Waals surface area contributed by atoms with Crippen LogP contribution in [0.5, 0.6) is 0 Å². The lowest BCUT2D eigenvalue weighted by atomic mass is 10.0. The van der Waals surface area contributed by atoms with Gasteiger partial charge in [-0.1, -0.05) is 462 Å². The topological polar surface area (TPSA) is 95.9 Å². The van der Waals surface area contributed by atoms with Crippen LogP contribution < -0.4 is 5.32 Å². The molecule has 1 amide bonds. The van der Waals surface area contributed by atoms with Crippen molar-refractivity contribution >= 4 is 11.9 Å². The van der Waals surface area contributed by atoms with Gasteiger partial charge in [-0.3, -0.25) is 9.59 Å². The summed E-state index contributed by atoms with van der Waals surface area (Å²) in [5.41, 5.74) is 0. The van der Waals surface area contributed by atoms with Gasteiger partial charge in [0.1, 0.15) is 0 Å². The minimum Gasteiger partial charge on any atom is -0.466 e. The summed E-state index contributed by atoms with van der Waals surface area (Å²) in [6, 6.07) is -0.540. The van der Waals surface area contributed by atoms with E-state index in [1.807, 2.05) is 0 Å². The summed E-state index contributed by atoms with van der Waals surface area (Å²) in [6.07, 6.45) is 110. The van der Waals surface area contributed by atoms with E-state index in [2.05, 4.69) is 43.5 Å². The smallest absolute Gasteiger partial charge is 0.305 e. The van der Waals surface area contributed by atoms with Crippen LogP contribution in [0.3, 0.4) is 0 Å². The lowest BCUT2D eigenvalue weighted by Gasteiger charge is -2.22. The molecule has 0 rings (SSSR count). The van der Waals surface area contributed by atoms with Crippen LogP contribution in [0, 0.1) is 0 Å². The zero-order valence-corrected chi connectivity index (χ0v) is 64.9. The Morgan fingerprint density at radius 3 is 0.800 bits per heavy atom. The highest BCUT2D eigenvalue weighted by Crippen LogP contribution is 2.21. The molecule has 6 heteroatoms. The second-order valence-electron chi connectivity index (χ2n) is 30.6. The van der Waals surface area contributed by atoms with E-state index >= 15 is 0 Å². The Bertz CT molecular complexity index is 1500. The summed E-state index contributed by atoms with van der Waals surface area (Å²) in [7, 11) is 0. The summed E-state index contributed by atoms with van der Waals surface area (Å²) >= 11 is 0. The summed E-state index contributed by atoms with van der Waals surface area (Å²) < 4.78 is 5.52. The van der Waals surface area contributed by atoms with E-state index in [1.165, 1.54) is 430 Å². The van der Waals surface area contributed by atoms with Crippen LogP contribution in [-0.4, -0.2) is 47.4 Å². The molecule has 0 fully saturated rings. The van der Waals surface area contributed by atoms with Crippen LogP contribution in [0.1, 0.15) is 508 Å². The van der Waals surface area contributed by atoms with Crippen LogP contribution in [-0.2, 0) is 14.3 Å². The highest BCUT2D eigenvalue weighted by atomic mass is 16.5. The molecule has 0 saturated carbocycles. The Morgan fingerprint density at radius 2 is 0.526 bits per heavy atom. The van der Waals surface area contributed by atoms with E-state index in [1.54, 1.807) is 0 Å². The van der Waals surface area contributed by atoms with Gasteiger partial charge in [-0.2, -0.15) is 0 Å². The molecule has 95 heavy (non-hydrogen) atoms. The zero-order chi connectivity index (χ0) is 68.4. The fourth-order valence-electron chi connectivity index (χ4n) is 14.3. The third-order valence-corrected chi connectivity index (χ3v) is 21.0. The van der Waals surface area contributed by atoms with Gasteiger partial charge in [0.2, 0.25) is 5.91 Å². The maximum atomic E-state index is 12.6. The van der Waals surface area contributed by atoms with Crippen molar-refractivity contribution in [2.75, 3.05) is 13.2 Å². The van der Waals surface area contributed by atoms with Gasteiger partial charge in [-0.15, -0.1) is 0 Å². The van der Waals surface area contributed by atoms with E-state index < -0.39 is 12.1 Å². The summed E-state index contributed by atoms with van der Waals surface area (Å²) in [5.74, 6) is -0.000315. The molecule has 0 aromatic heterocycles. The van der Waals surface area contributed by atoms with Gasteiger partial charge >= 0.3 is 5.97 Å². The number of amides is 1. The van der Waals surface area contributed by atoms with Gasteiger partial charge in [-0.25, -0.2) is 0 Å². The molecule has 0 aromatic carbocycles. The van der Waals surface area contributed by atoms with E-state index in [0.29, 0.717) is 25.9 Å². The van der Waals surface area contributed by atoms with Crippen molar-refractivity contribution in [1.82, 2.24) is 5.32 Å². The largest absolute Gasteiger partial charge is 0.466 e. The molecule has 6 nitrogen and oxygen atoms in total. The molecule has 564 valence electrons. The number of carbonyl (C=O) groups is 2. The van der Waals surface area contributed by atoms with Crippen LogP contribution in [0.15, 0.2) is 24.3 Å². The van der Waals surface area contributed by atoms with Crippen LogP contribution in [0.25, 0.3) is 0 Å². The molecule has 0 radical (unpaired) electrons. The number of hydrogen-bond acceptors (Lipinski definition) is 5. The van der Waals surface area contributed by atoms with E-state index in [-0.39, 0.29) is 18.5 Å². The average molecular weight is 1340 g/mol. The molecule has 0 aliphatic heterocycles. The van der Waals surface area contributed by atoms with Gasteiger partial charge in [0.05, 0.1) is 25.4 Å². The molecule has 2 unspecified atom stereocenters. The van der Waals surface area contributed by atoms with Crippen LogP contribution >= 0.6 is 0 Å². The standard InChI is InChI=1S/C89H173NO5/c1-3-5-7-9-11-13-15-17-19-21-22-23-43-46-50-53-57-61-65-69-73-77-81-87(92)86(85-91)90-88(93)82-78-74-70-66-62-58-54-51-47-44-41-39-37-35-33-31-29-27-25-24-26-28-30-32-34-36-38-40-42-45-48-52-56-60-64-68-72-76-80-84-95-89(94)83-79-75-71-67-63-59-55-49-20-18-16-14-12-10-8-6-4-2/h24-25,28,30,86-87,91-92H,3-23,26-27,29,31-85H2,1-2H3,(H,90,93)/b25-24-,30-28-. The molecule has 0 spiro atoms. The lowest BCUT2D eigenvalue weighted by Crippen LogP contribution is -2.45. The van der Waals surface area contributed by atoms with Crippen LogP contribution in [0.4, 0.5) is 0 Å². The van der Waals surface area contributed by atoms with Gasteiger partial charge < -0.3 is 20.3 Å². The fourth-order valence-corrected chi connectivity index (χ4v) is 14.3. The first-order chi connectivity index (χ1) is 47.0. The normalized spacial score (nSPS) is 12.5. The van der Waals surface area contributed by atoms with E-state index in [4.69, 9.17) is 4.74 Å². The monoisotopic (exact) mass is 1340 g/mol. The molecule has 2 atom stereocenters. The lowest BCUT2D eigenvalue weighted by molar-refractivity contribution is -0.143. The number of aliphatic hydroxyl groups excluding tert-OH is 2. The first-order valence-electron chi connectivity index (χ1n) is 44.1. The van der Waals surface area contributed by atoms with Crippen molar-refractivity contribution < 1.29 is 24.5 Å². The molecule has 0 aromatic rings. The maximum absolute atomic E-state index is 12.6. The van der Waals surface area contributed by atoms with E-state index in [9.17, 15) is 19.8 Å². The van der Waals surface area contributed by atoms with Crippen molar-refractivity contribution in [2.24, 2.45) is 0 Å². The Kier molecular flexibility index (Phi) is 83.3. The SMILES string of the molecule is CCCCCCCCCCCCCCCCCCCCCCCCC(O)C(CO)NC(=O)CCCCCCCCCCCCCCCCCCC/C=C\C/C=C\CCCCCCCCCCCCCCCCCOC(=O)CCCCCCCCCCCCCCCCCCC. The molecular formula is C89H173NO5. The molecule has 0 aliphatic rings. The van der Waals surface area contributed by atoms with Gasteiger partial charge in [0, 0.05) is 12.8 Å². The molecular weight excluding hydrogens is 1160 g/mol. The number of nitrogens with one attached hydrogen (secondary N) is 1. The Hall–Kier alpha value is -1.66. The number of allylic oxidation sites excluding steroid dienone is 4. The highest BCUT2D eigenvalue weighted by molar-refractivity contribution is 5.76. The van der Waals surface area contributed by atoms with Gasteiger partial charge in [-0.05, 0) is 57.8 Å². The molecule has 3 N–H and O–H groups in total. The second-order valence-corrected chi connectivity index (χ2v) is 30.6. The Balaban J connectivity index is 3.34. The Morgan fingerprint density at radius 1 is 0.295 bits per heavy atom. The van der Waals surface area contributed by atoms with Crippen LogP contribution in [0.2, 0.25) is 0 Å². The fraction of sp³-hybridized carbons (Fsp3) is 0.933. The van der Waals surface area contributed by atoms with Crippen molar-refractivity contribution in [2.45, 2.75) is 520 Å². The van der Waals surface area contributed by atoms with Crippen molar-refractivity contribution in [3.05, 3.63) is 24.3 Å². The minimum absolute atomic E-state index is 0.0256. The van der Waals surface area contributed by atoms with Crippen molar-refractivity contribution in [1.29, 1.82) is 0 Å². The van der Waals surface area contributed by atoms with Crippen molar-refractivity contribution in [3.8, 4) is 0 Å². The highest BCUT2D eigenvalue weighted by Gasteiger charge is 2.20. The predicted octanol–water partition coefficient (Wildman–Crippen LogP) is 29.6. The maximum Gasteiger partial charge on any atom is 0.305 e. The number of aliphatic hydroxyl groups is 2. The zero-order valence-electron chi connectivity index (χ0n) is 64.9. The number of rotatable bonds is 84. The third kappa shape index (κ3) is 81.2. The third-order valence-electron chi connectivity index (χ3n) is 21.0. The average Bonchev–Trinajstić information content (AvgIpc) is 2.82. The number of ether oxygens (including phenoxy) is 1. The minimum atomic E-state index is -0.663. The quantitative estimate of drug-likeness (QED) is 0.0320. The Labute approximate surface area is 596 Å². The number of hydrogen-bond donors (Lipinski definition) is 3. The number of esters is 1. The summed E-state index contributed by atoms with van der Waals surface area (Å²) in [4.78, 5) is 24.7. The van der Waals surface area contributed by atoms with Gasteiger partial charge in [0.15, 0.2) is 0 Å². The van der Waals surface area contributed by atoms with Gasteiger partial charge in [0.25, 0.3) is 0 Å². The summed E-state index contributed by atoms with van der Waals surface area (Å²) in [5, 5.41) is 23.5. The number of carbonyl (C=O) groups excluding carboxylic acids is 2. The first kappa shape index (κ1) is 93.3. The first-order valence-corrected chi connectivity index (χ1v) is 44.1. The molecule has 0 aliphatic carbocycles. The predicted molar refractivity (Wildman–Crippen MR) is 421 cm³/mol. The molecule has 0 saturated heterocycles. The summed E-state index contributed by atoms with van der Waals surface area (Å²) in [6.45, 7) is 5.02. The van der Waals surface area contributed by atoms with Crippen molar-refractivity contribution in [3.63, 3.8) is 0 Å². The number of unbranched alkanes of at least 4 members (excludes halogenated alkanes) is 69. The molecule has 0 heterocycles. The second kappa shape index (κ2) is 84.8.